The molecule has 0 aliphatic rings. The molecule has 1 aromatic rings. The monoisotopic (exact) mass is 237 g/mol. The molecule has 0 bridgehead atoms. The predicted octanol–water partition coefficient (Wildman–Crippen LogP) is 4.03. The van der Waals surface area contributed by atoms with E-state index in [2.05, 4.69) is 51.8 Å². The lowest BCUT2D eigenvalue weighted by Crippen LogP contribution is -2.43. The van der Waals surface area contributed by atoms with Gasteiger partial charge in [0.1, 0.15) is 5.75 Å². The first-order valence-corrected chi connectivity index (χ1v) is 8.81. The summed E-state index contributed by atoms with van der Waals surface area (Å²) in [5.41, 5.74) is 1.09. The van der Waals surface area contributed by atoms with E-state index < -0.39 is 8.32 Å². The molecule has 1 aromatic heterocycles. The third-order valence-electron chi connectivity index (χ3n) is 3.33. The van der Waals surface area contributed by atoms with Gasteiger partial charge in [-0.25, -0.2) is 0 Å². The predicted molar refractivity (Wildman–Crippen MR) is 71.4 cm³/mol. The van der Waals surface area contributed by atoms with E-state index in [1.54, 1.807) is 0 Å². The van der Waals surface area contributed by atoms with Gasteiger partial charge in [-0.1, -0.05) is 27.7 Å². The Morgan fingerprint density at radius 1 is 1.31 bits per heavy atom. The van der Waals surface area contributed by atoms with Gasteiger partial charge in [0.25, 0.3) is 0 Å². The first-order valence-electron chi connectivity index (χ1n) is 5.90. The van der Waals surface area contributed by atoms with Crippen LogP contribution in [0.15, 0.2) is 18.3 Å². The van der Waals surface area contributed by atoms with Crippen molar-refractivity contribution in [3.05, 3.63) is 24.0 Å². The molecule has 0 radical (unpaired) electrons. The van der Waals surface area contributed by atoms with Gasteiger partial charge in [0.15, 0.2) is 0 Å². The summed E-state index contributed by atoms with van der Waals surface area (Å²) in [6, 6.07) is 4.01. The second-order valence-corrected chi connectivity index (χ2v) is 10.4. The van der Waals surface area contributed by atoms with Gasteiger partial charge in [-0.05, 0) is 30.6 Å². The Hall–Kier alpha value is -0.833. The third kappa shape index (κ3) is 3.08. The summed E-state index contributed by atoms with van der Waals surface area (Å²) in [6.45, 7) is 13.4. The Labute approximate surface area is 100 Å². The van der Waals surface area contributed by atoms with E-state index in [4.69, 9.17) is 4.43 Å². The average molecular weight is 237 g/mol. The zero-order chi connectivity index (χ0) is 12.4. The Morgan fingerprint density at radius 3 is 2.44 bits per heavy atom. The zero-order valence-corrected chi connectivity index (χ0v) is 12.3. The second-order valence-electron chi connectivity index (χ2n) is 5.70. The molecule has 3 heteroatoms. The first-order chi connectivity index (χ1) is 7.26. The van der Waals surface area contributed by atoms with Gasteiger partial charge in [0, 0.05) is 18.0 Å². The molecule has 0 amide bonds. The quantitative estimate of drug-likeness (QED) is 0.741. The molecular formula is C13H23NOSi. The molecule has 0 aromatic carbocycles. The number of nitrogens with zero attached hydrogens (tertiary/aromatic N) is 1. The second kappa shape index (κ2) is 4.58. The summed E-state index contributed by atoms with van der Waals surface area (Å²) in [7, 11) is -1.71. The van der Waals surface area contributed by atoms with Crippen LogP contribution in [-0.2, 0) is 6.42 Å². The highest BCUT2D eigenvalue weighted by Gasteiger charge is 2.38. The van der Waals surface area contributed by atoms with Crippen molar-refractivity contribution in [1.82, 2.24) is 4.98 Å². The lowest BCUT2D eigenvalue weighted by atomic mass is 10.2. The van der Waals surface area contributed by atoms with Crippen LogP contribution in [0.5, 0.6) is 5.75 Å². The number of rotatable bonds is 3. The molecule has 0 saturated carbocycles. The lowest BCUT2D eigenvalue weighted by Gasteiger charge is -2.36. The SMILES string of the molecule is CCc1cc(O[Si](C)(C)C(C)(C)C)ccn1. The maximum Gasteiger partial charge on any atom is 0.250 e. The Balaban J connectivity index is 2.88. The molecule has 1 rings (SSSR count). The van der Waals surface area contributed by atoms with Gasteiger partial charge in [-0.2, -0.15) is 0 Å². The van der Waals surface area contributed by atoms with Crippen molar-refractivity contribution < 1.29 is 4.43 Å². The van der Waals surface area contributed by atoms with E-state index in [0.717, 1.165) is 17.9 Å². The topological polar surface area (TPSA) is 22.1 Å². The normalized spacial score (nSPS) is 12.6. The molecule has 2 nitrogen and oxygen atoms in total. The van der Waals surface area contributed by atoms with Crippen LogP contribution in [0.2, 0.25) is 18.1 Å². The van der Waals surface area contributed by atoms with Crippen LogP contribution in [-0.4, -0.2) is 13.3 Å². The number of hydrogen-bond donors (Lipinski definition) is 0. The number of pyridine rings is 1. The zero-order valence-electron chi connectivity index (χ0n) is 11.3. The molecule has 0 atom stereocenters. The van der Waals surface area contributed by atoms with Gasteiger partial charge in [0.05, 0.1) is 0 Å². The summed E-state index contributed by atoms with van der Waals surface area (Å²) < 4.78 is 6.21. The van der Waals surface area contributed by atoms with E-state index in [9.17, 15) is 0 Å². The van der Waals surface area contributed by atoms with Crippen LogP contribution < -0.4 is 4.43 Å². The number of hydrogen-bond acceptors (Lipinski definition) is 2. The number of aromatic nitrogens is 1. The molecule has 1 heterocycles. The molecule has 16 heavy (non-hydrogen) atoms. The molecule has 0 fully saturated rings. The highest BCUT2D eigenvalue weighted by molar-refractivity contribution is 6.74. The molecule has 90 valence electrons. The van der Waals surface area contributed by atoms with Crippen molar-refractivity contribution in [2.24, 2.45) is 0 Å². The molecule has 0 aliphatic heterocycles. The molecule has 0 aliphatic carbocycles. The van der Waals surface area contributed by atoms with Gasteiger partial charge in [-0.3, -0.25) is 4.98 Å². The average Bonchev–Trinajstić information content (AvgIpc) is 2.15. The van der Waals surface area contributed by atoms with Crippen LogP contribution in [0.1, 0.15) is 33.4 Å². The molecule has 0 N–H and O–H groups in total. The maximum atomic E-state index is 6.21. The molecular weight excluding hydrogens is 214 g/mol. The molecule has 0 spiro atoms. The molecule has 0 saturated heterocycles. The van der Waals surface area contributed by atoms with E-state index in [0.29, 0.717) is 0 Å². The summed E-state index contributed by atoms with van der Waals surface area (Å²) in [6.07, 6.45) is 2.79. The van der Waals surface area contributed by atoms with Crippen LogP contribution in [0.25, 0.3) is 0 Å². The fourth-order valence-electron chi connectivity index (χ4n) is 1.16. The van der Waals surface area contributed by atoms with Crippen molar-refractivity contribution in [2.75, 3.05) is 0 Å². The van der Waals surface area contributed by atoms with Gasteiger partial charge in [0.2, 0.25) is 8.32 Å². The summed E-state index contributed by atoms with van der Waals surface area (Å²) in [5.74, 6) is 0.971. The van der Waals surface area contributed by atoms with Crippen LogP contribution in [0.4, 0.5) is 0 Å². The van der Waals surface area contributed by atoms with Gasteiger partial charge >= 0.3 is 0 Å². The van der Waals surface area contributed by atoms with Crippen molar-refractivity contribution >= 4 is 8.32 Å². The van der Waals surface area contributed by atoms with E-state index >= 15 is 0 Å². The third-order valence-corrected chi connectivity index (χ3v) is 7.69. The van der Waals surface area contributed by atoms with Crippen molar-refractivity contribution in [1.29, 1.82) is 0 Å². The van der Waals surface area contributed by atoms with Gasteiger partial charge in [-0.15, -0.1) is 0 Å². The highest BCUT2D eigenvalue weighted by atomic mass is 28.4. The number of aryl methyl sites for hydroxylation is 1. The minimum absolute atomic E-state index is 0.239. The Morgan fingerprint density at radius 2 is 1.94 bits per heavy atom. The Bertz CT molecular complexity index is 355. The van der Waals surface area contributed by atoms with Gasteiger partial charge < -0.3 is 4.43 Å². The minimum Gasteiger partial charge on any atom is -0.543 e. The largest absolute Gasteiger partial charge is 0.543 e. The van der Waals surface area contributed by atoms with Crippen molar-refractivity contribution in [3.8, 4) is 5.75 Å². The van der Waals surface area contributed by atoms with E-state index in [1.165, 1.54) is 0 Å². The minimum atomic E-state index is -1.71. The Kier molecular flexibility index (Phi) is 3.78. The van der Waals surface area contributed by atoms with Crippen molar-refractivity contribution in [2.45, 2.75) is 52.2 Å². The fourth-order valence-corrected chi connectivity index (χ4v) is 2.18. The van der Waals surface area contributed by atoms with Crippen LogP contribution in [0, 0.1) is 0 Å². The highest BCUT2D eigenvalue weighted by Crippen LogP contribution is 2.37. The maximum absolute atomic E-state index is 6.21. The summed E-state index contributed by atoms with van der Waals surface area (Å²) >= 11 is 0. The van der Waals surface area contributed by atoms with Crippen molar-refractivity contribution in [3.63, 3.8) is 0 Å². The molecule has 0 unspecified atom stereocenters. The summed E-state index contributed by atoms with van der Waals surface area (Å²) in [5, 5.41) is 0.239. The van der Waals surface area contributed by atoms with Crippen LogP contribution in [0.3, 0.4) is 0 Å². The standard InChI is InChI=1S/C13H23NOSi/c1-7-11-10-12(8-9-14-11)15-16(5,6)13(2,3)4/h8-10H,7H2,1-6H3. The smallest absolute Gasteiger partial charge is 0.250 e. The summed E-state index contributed by atoms with van der Waals surface area (Å²) in [4.78, 5) is 4.29. The first kappa shape index (κ1) is 13.2. The van der Waals surface area contributed by atoms with E-state index in [1.807, 2.05) is 12.3 Å². The van der Waals surface area contributed by atoms with E-state index in [-0.39, 0.29) is 5.04 Å². The fraction of sp³-hybridized carbons (Fsp3) is 0.615. The lowest BCUT2D eigenvalue weighted by molar-refractivity contribution is 0.491. The van der Waals surface area contributed by atoms with Crippen LogP contribution >= 0.6 is 0 Å².